The highest BCUT2D eigenvalue weighted by atomic mass is 35.5. The largest absolute Gasteiger partial charge is 0.479 e. The number of hydrogen-bond donors (Lipinski definition) is 1. The van der Waals surface area contributed by atoms with E-state index in [1.54, 1.807) is 26.8 Å². The second kappa shape index (κ2) is 5.81. The standard InChI is InChI=1S/C18H20ClNO4/c1-18(2,3)24-17(23)20-7-6-12-13-9-11(19)5-4-10(13)8-14(12)15(20)16(21)22/h4-5,9,15H,6-8H2,1-3H3,(H,21,22). The van der Waals surface area contributed by atoms with E-state index in [4.69, 9.17) is 16.3 Å². The molecule has 24 heavy (non-hydrogen) atoms. The van der Waals surface area contributed by atoms with Crippen molar-refractivity contribution in [2.75, 3.05) is 6.54 Å². The van der Waals surface area contributed by atoms with E-state index in [9.17, 15) is 14.7 Å². The zero-order chi connectivity index (χ0) is 17.6. The molecule has 1 aromatic rings. The van der Waals surface area contributed by atoms with Crippen molar-refractivity contribution in [2.24, 2.45) is 0 Å². The van der Waals surface area contributed by atoms with Gasteiger partial charge in [0.05, 0.1) is 0 Å². The Kier molecular flexibility index (Phi) is 4.08. The molecule has 0 saturated heterocycles. The minimum Gasteiger partial charge on any atom is -0.479 e. The molecular weight excluding hydrogens is 330 g/mol. The summed E-state index contributed by atoms with van der Waals surface area (Å²) in [4.78, 5) is 25.6. The fraction of sp³-hybridized carbons (Fsp3) is 0.444. The van der Waals surface area contributed by atoms with E-state index in [0.29, 0.717) is 24.4 Å². The number of carbonyl (C=O) groups excluding carboxylic acids is 1. The quantitative estimate of drug-likeness (QED) is 0.838. The van der Waals surface area contributed by atoms with E-state index < -0.39 is 23.7 Å². The van der Waals surface area contributed by atoms with Gasteiger partial charge in [0.25, 0.3) is 0 Å². The van der Waals surface area contributed by atoms with E-state index in [2.05, 4.69) is 0 Å². The first kappa shape index (κ1) is 16.8. The molecule has 1 heterocycles. The molecule has 1 aliphatic carbocycles. The van der Waals surface area contributed by atoms with Crippen LogP contribution in [0, 0.1) is 0 Å². The highest BCUT2D eigenvalue weighted by Crippen LogP contribution is 2.42. The van der Waals surface area contributed by atoms with Gasteiger partial charge >= 0.3 is 12.1 Å². The third kappa shape index (κ3) is 3.00. The molecule has 3 rings (SSSR count). The second-order valence-electron chi connectivity index (χ2n) is 7.15. The van der Waals surface area contributed by atoms with Gasteiger partial charge in [-0.15, -0.1) is 0 Å². The summed E-state index contributed by atoms with van der Waals surface area (Å²) in [6, 6.07) is 4.61. The molecule has 1 amide bonds. The van der Waals surface area contributed by atoms with Crippen molar-refractivity contribution in [3.8, 4) is 0 Å². The number of nitrogens with zero attached hydrogens (tertiary/aromatic N) is 1. The van der Waals surface area contributed by atoms with Gasteiger partial charge in [-0.1, -0.05) is 17.7 Å². The van der Waals surface area contributed by atoms with Crippen LogP contribution in [0.1, 0.15) is 38.3 Å². The van der Waals surface area contributed by atoms with Crippen molar-refractivity contribution in [1.82, 2.24) is 4.90 Å². The SMILES string of the molecule is CC(C)(C)OC(=O)N1CCC2=C(Cc3ccc(Cl)cc32)C1C(=O)O. The van der Waals surface area contributed by atoms with Crippen LogP contribution < -0.4 is 0 Å². The molecule has 1 atom stereocenters. The fourth-order valence-electron chi connectivity index (χ4n) is 3.37. The molecule has 2 aliphatic rings. The van der Waals surface area contributed by atoms with E-state index >= 15 is 0 Å². The Morgan fingerprint density at radius 2 is 2.04 bits per heavy atom. The first-order chi connectivity index (χ1) is 11.2. The molecule has 1 aliphatic heterocycles. The number of rotatable bonds is 1. The molecule has 1 N–H and O–H groups in total. The summed E-state index contributed by atoms with van der Waals surface area (Å²) in [5.74, 6) is -1.04. The number of halogens is 1. The van der Waals surface area contributed by atoms with Gasteiger partial charge in [-0.2, -0.15) is 0 Å². The van der Waals surface area contributed by atoms with Gasteiger partial charge in [0.15, 0.2) is 6.04 Å². The molecule has 1 unspecified atom stereocenters. The van der Waals surface area contributed by atoms with Gasteiger partial charge in [-0.3, -0.25) is 4.90 Å². The number of hydrogen-bond acceptors (Lipinski definition) is 3. The molecule has 0 aromatic heterocycles. The highest BCUT2D eigenvalue weighted by molar-refractivity contribution is 6.30. The predicted molar refractivity (Wildman–Crippen MR) is 91.1 cm³/mol. The van der Waals surface area contributed by atoms with Crippen LogP contribution in [-0.4, -0.2) is 40.3 Å². The lowest BCUT2D eigenvalue weighted by molar-refractivity contribution is -0.141. The van der Waals surface area contributed by atoms with Crippen molar-refractivity contribution < 1.29 is 19.4 Å². The van der Waals surface area contributed by atoms with Gasteiger partial charge < -0.3 is 9.84 Å². The van der Waals surface area contributed by atoms with Crippen molar-refractivity contribution in [3.05, 3.63) is 39.9 Å². The molecule has 5 nitrogen and oxygen atoms in total. The van der Waals surface area contributed by atoms with Crippen LogP contribution >= 0.6 is 11.6 Å². The zero-order valence-corrected chi connectivity index (χ0v) is 14.7. The van der Waals surface area contributed by atoms with Crippen LogP contribution in [0.15, 0.2) is 23.8 Å². The predicted octanol–water partition coefficient (Wildman–Crippen LogP) is 3.74. The number of aliphatic carboxylic acids is 1. The summed E-state index contributed by atoms with van der Waals surface area (Å²) in [7, 11) is 0. The van der Waals surface area contributed by atoms with Gasteiger partial charge in [-0.05, 0) is 68.0 Å². The van der Waals surface area contributed by atoms with E-state index in [-0.39, 0.29) is 0 Å². The number of fused-ring (bicyclic) bond motifs is 2. The maximum atomic E-state index is 12.4. The van der Waals surface area contributed by atoms with Gasteiger partial charge in [0.2, 0.25) is 0 Å². The first-order valence-corrected chi connectivity index (χ1v) is 8.28. The number of ether oxygens (including phenoxy) is 1. The third-order valence-electron chi connectivity index (χ3n) is 4.27. The Balaban J connectivity index is 1.96. The Morgan fingerprint density at radius 3 is 2.67 bits per heavy atom. The minimum atomic E-state index is -1.04. The lowest BCUT2D eigenvalue weighted by Crippen LogP contribution is -2.50. The van der Waals surface area contributed by atoms with Gasteiger partial charge in [0, 0.05) is 11.6 Å². The zero-order valence-electron chi connectivity index (χ0n) is 13.9. The summed E-state index contributed by atoms with van der Waals surface area (Å²) in [5.41, 5.74) is 3.16. The summed E-state index contributed by atoms with van der Waals surface area (Å²) in [5, 5.41) is 10.4. The average Bonchev–Trinajstić information content (AvgIpc) is 2.81. The maximum absolute atomic E-state index is 12.4. The molecule has 0 saturated carbocycles. The summed E-state index contributed by atoms with van der Waals surface area (Å²) < 4.78 is 5.38. The topological polar surface area (TPSA) is 66.8 Å². The van der Waals surface area contributed by atoms with Crippen molar-refractivity contribution in [2.45, 2.75) is 45.3 Å². The van der Waals surface area contributed by atoms with Crippen molar-refractivity contribution in [1.29, 1.82) is 0 Å². The first-order valence-electron chi connectivity index (χ1n) is 7.90. The maximum Gasteiger partial charge on any atom is 0.411 e. The molecule has 0 radical (unpaired) electrons. The Bertz CT molecular complexity index is 748. The number of carboxylic acid groups (broad SMARTS) is 1. The lowest BCUT2D eigenvalue weighted by atomic mass is 9.93. The van der Waals surface area contributed by atoms with Crippen LogP contribution in [0.2, 0.25) is 5.02 Å². The van der Waals surface area contributed by atoms with Gasteiger partial charge in [0.1, 0.15) is 5.60 Å². The minimum absolute atomic E-state index is 0.316. The van der Waals surface area contributed by atoms with Crippen LogP contribution in [0.4, 0.5) is 4.79 Å². The Labute approximate surface area is 145 Å². The number of carbonyl (C=O) groups is 2. The van der Waals surface area contributed by atoms with E-state index in [1.807, 2.05) is 12.1 Å². The number of amides is 1. The molecule has 0 spiro atoms. The molecule has 6 heteroatoms. The summed E-state index contributed by atoms with van der Waals surface area (Å²) >= 11 is 6.08. The van der Waals surface area contributed by atoms with Crippen molar-refractivity contribution >= 4 is 29.2 Å². The molecule has 128 valence electrons. The van der Waals surface area contributed by atoms with Crippen LogP contribution in [0.25, 0.3) is 5.57 Å². The normalized spacial score (nSPS) is 19.8. The van der Waals surface area contributed by atoms with Crippen LogP contribution in [0.3, 0.4) is 0 Å². The molecule has 1 aromatic carbocycles. The Hall–Kier alpha value is -2.01. The van der Waals surface area contributed by atoms with Crippen LogP contribution in [0.5, 0.6) is 0 Å². The average molecular weight is 350 g/mol. The smallest absolute Gasteiger partial charge is 0.411 e. The number of benzene rings is 1. The lowest BCUT2D eigenvalue weighted by Gasteiger charge is -2.35. The Morgan fingerprint density at radius 1 is 1.33 bits per heavy atom. The van der Waals surface area contributed by atoms with E-state index in [0.717, 1.165) is 22.3 Å². The second-order valence-corrected chi connectivity index (χ2v) is 7.58. The van der Waals surface area contributed by atoms with Crippen molar-refractivity contribution in [3.63, 3.8) is 0 Å². The summed E-state index contributed by atoms with van der Waals surface area (Å²) in [6.45, 7) is 5.62. The van der Waals surface area contributed by atoms with E-state index in [1.165, 1.54) is 4.90 Å². The number of carboxylic acids is 1. The van der Waals surface area contributed by atoms with Gasteiger partial charge in [-0.25, -0.2) is 9.59 Å². The summed E-state index contributed by atoms with van der Waals surface area (Å²) in [6.07, 6.45) is 0.541. The third-order valence-corrected chi connectivity index (χ3v) is 4.51. The molecular formula is C18H20ClNO4. The van der Waals surface area contributed by atoms with Crippen LogP contribution in [-0.2, 0) is 16.0 Å². The highest BCUT2D eigenvalue weighted by Gasteiger charge is 2.42. The molecule has 0 bridgehead atoms. The molecule has 0 fully saturated rings. The monoisotopic (exact) mass is 349 g/mol. The fourth-order valence-corrected chi connectivity index (χ4v) is 3.55.